The molecule has 0 atom stereocenters. The average Bonchev–Trinajstić information content (AvgIpc) is 2.95. The summed E-state index contributed by atoms with van der Waals surface area (Å²) in [6, 6.07) is 6.37. The molecule has 5 nitrogen and oxygen atoms in total. The maximum atomic E-state index is 5.34. The van der Waals surface area contributed by atoms with E-state index in [1.807, 2.05) is 11.9 Å². The molecule has 0 amide bonds. The maximum absolute atomic E-state index is 5.34. The van der Waals surface area contributed by atoms with Crippen molar-refractivity contribution in [1.29, 1.82) is 0 Å². The Balaban J connectivity index is 1.91. The van der Waals surface area contributed by atoms with E-state index < -0.39 is 0 Å². The highest BCUT2D eigenvalue weighted by Gasteiger charge is 2.14. The van der Waals surface area contributed by atoms with Gasteiger partial charge < -0.3 is 14.7 Å². The van der Waals surface area contributed by atoms with Gasteiger partial charge >= 0.3 is 0 Å². The highest BCUT2D eigenvalue weighted by Crippen LogP contribution is 2.24. The molecule has 1 aliphatic heterocycles. The van der Waals surface area contributed by atoms with E-state index in [-0.39, 0.29) is 0 Å². The van der Waals surface area contributed by atoms with Gasteiger partial charge in [-0.05, 0) is 48.3 Å². The quantitative estimate of drug-likeness (QED) is 0.910. The summed E-state index contributed by atoms with van der Waals surface area (Å²) in [5, 5.41) is 7.38. The van der Waals surface area contributed by atoms with Crippen LogP contribution >= 0.6 is 0 Å². The van der Waals surface area contributed by atoms with Crippen molar-refractivity contribution in [3.63, 3.8) is 0 Å². The SMILES string of the molecule is CCN(C)c1noc(-c2ccc3c(c2)CNCC3)n1. The fraction of sp³-hybridized carbons (Fsp3) is 0.429. The first-order valence-corrected chi connectivity index (χ1v) is 6.65. The predicted octanol–water partition coefficient (Wildman–Crippen LogP) is 1.84. The zero-order valence-corrected chi connectivity index (χ0v) is 11.3. The molecule has 0 saturated heterocycles. The molecule has 0 spiro atoms. The molecule has 5 heteroatoms. The number of nitrogens with one attached hydrogen (secondary N) is 1. The number of benzene rings is 1. The van der Waals surface area contributed by atoms with Crippen LogP contribution in [0.1, 0.15) is 18.1 Å². The molecule has 1 N–H and O–H groups in total. The zero-order valence-electron chi connectivity index (χ0n) is 11.3. The Morgan fingerprint density at radius 2 is 2.26 bits per heavy atom. The first-order valence-electron chi connectivity index (χ1n) is 6.65. The van der Waals surface area contributed by atoms with E-state index in [4.69, 9.17) is 4.52 Å². The Hall–Kier alpha value is -1.88. The molecule has 0 unspecified atom stereocenters. The van der Waals surface area contributed by atoms with Gasteiger partial charge in [0.1, 0.15) is 0 Å². The smallest absolute Gasteiger partial charge is 0.266 e. The van der Waals surface area contributed by atoms with Crippen LogP contribution in [0.4, 0.5) is 5.95 Å². The summed E-state index contributed by atoms with van der Waals surface area (Å²) in [7, 11) is 1.95. The van der Waals surface area contributed by atoms with E-state index in [1.165, 1.54) is 11.1 Å². The summed E-state index contributed by atoms with van der Waals surface area (Å²) >= 11 is 0. The summed E-state index contributed by atoms with van der Waals surface area (Å²) in [6.45, 7) is 4.88. The molecule has 0 saturated carbocycles. The Labute approximate surface area is 112 Å². The van der Waals surface area contributed by atoms with E-state index in [9.17, 15) is 0 Å². The van der Waals surface area contributed by atoms with Gasteiger partial charge in [0.25, 0.3) is 11.8 Å². The minimum atomic E-state index is 0.587. The van der Waals surface area contributed by atoms with Gasteiger partial charge in [-0.2, -0.15) is 4.98 Å². The number of fused-ring (bicyclic) bond motifs is 1. The van der Waals surface area contributed by atoms with Crippen molar-refractivity contribution < 1.29 is 4.52 Å². The third-order valence-corrected chi connectivity index (χ3v) is 3.57. The monoisotopic (exact) mass is 258 g/mol. The van der Waals surface area contributed by atoms with Crippen molar-refractivity contribution in [3.05, 3.63) is 29.3 Å². The first-order chi connectivity index (χ1) is 9.28. The summed E-state index contributed by atoms with van der Waals surface area (Å²) in [5.41, 5.74) is 3.73. The topological polar surface area (TPSA) is 54.2 Å². The van der Waals surface area contributed by atoms with Gasteiger partial charge in [0.15, 0.2) is 0 Å². The molecule has 0 bridgehead atoms. The summed E-state index contributed by atoms with van der Waals surface area (Å²) in [6.07, 6.45) is 1.09. The standard InChI is InChI=1S/C14H18N4O/c1-3-18(2)14-16-13(19-17-14)11-5-4-10-6-7-15-9-12(10)8-11/h4-5,8,15H,3,6-7,9H2,1-2H3. The summed E-state index contributed by atoms with van der Waals surface area (Å²) < 4.78 is 5.34. The van der Waals surface area contributed by atoms with Crippen LogP contribution in [0, 0.1) is 0 Å². The van der Waals surface area contributed by atoms with Crippen molar-refractivity contribution in [2.24, 2.45) is 0 Å². The normalized spacial score (nSPS) is 14.2. The fourth-order valence-electron chi connectivity index (χ4n) is 2.24. The van der Waals surface area contributed by atoms with Gasteiger partial charge in [0.2, 0.25) is 0 Å². The largest absolute Gasteiger partial charge is 0.342 e. The Kier molecular flexibility index (Phi) is 3.21. The molecule has 3 rings (SSSR count). The molecule has 1 aromatic heterocycles. The van der Waals surface area contributed by atoms with Crippen LogP contribution in [0.15, 0.2) is 22.7 Å². The van der Waals surface area contributed by atoms with Crippen molar-refractivity contribution in [2.75, 3.05) is 25.0 Å². The summed E-state index contributed by atoms with van der Waals surface area (Å²) in [5.74, 6) is 1.22. The Bertz CT molecular complexity index is 579. The molecular formula is C14H18N4O. The first kappa shape index (κ1) is 12.2. The second-order valence-electron chi connectivity index (χ2n) is 4.82. The number of hydrogen-bond donors (Lipinski definition) is 1. The molecule has 1 aromatic carbocycles. The van der Waals surface area contributed by atoms with Crippen molar-refractivity contribution in [3.8, 4) is 11.5 Å². The number of anilines is 1. The highest BCUT2D eigenvalue weighted by atomic mass is 16.5. The second-order valence-corrected chi connectivity index (χ2v) is 4.82. The lowest BCUT2D eigenvalue weighted by Crippen LogP contribution is -2.23. The van der Waals surface area contributed by atoms with E-state index in [2.05, 4.69) is 40.6 Å². The van der Waals surface area contributed by atoms with E-state index in [1.54, 1.807) is 0 Å². The Morgan fingerprint density at radius 1 is 1.37 bits per heavy atom. The predicted molar refractivity (Wildman–Crippen MR) is 74.1 cm³/mol. The van der Waals surface area contributed by atoms with Crippen molar-refractivity contribution in [2.45, 2.75) is 19.9 Å². The fourth-order valence-corrected chi connectivity index (χ4v) is 2.24. The second kappa shape index (κ2) is 5.01. The van der Waals surface area contributed by atoms with Gasteiger partial charge in [-0.3, -0.25) is 0 Å². The molecule has 0 radical (unpaired) electrons. The van der Waals surface area contributed by atoms with Gasteiger partial charge in [0, 0.05) is 25.7 Å². The number of nitrogens with zero attached hydrogens (tertiary/aromatic N) is 3. The van der Waals surface area contributed by atoms with E-state index in [0.717, 1.165) is 31.6 Å². The zero-order chi connectivity index (χ0) is 13.2. The lowest BCUT2D eigenvalue weighted by Gasteiger charge is -2.17. The third-order valence-electron chi connectivity index (χ3n) is 3.57. The molecule has 1 aliphatic rings. The van der Waals surface area contributed by atoms with Crippen LogP contribution in [0.3, 0.4) is 0 Å². The molecule has 0 aliphatic carbocycles. The third kappa shape index (κ3) is 2.33. The van der Waals surface area contributed by atoms with Gasteiger partial charge in [0.05, 0.1) is 0 Å². The maximum Gasteiger partial charge on any atom is 0.266 e. The van der Waals surface area contributed by atoms with E-state index >= 15 is 0 Å². The van der Waals surface area contributed by atoms with Crippen LogP contribution in [0.25, 0.3) is 11.5 Å². The minimum Gasteiger partial charge on any atom is -0.342 e. The van der Waals surface area contributed by atoms with Crippen LogP contribution in [0.5, 0.6) is 0 Å². The number of aromatic nitrogens is 2. The molecule has 0 fully saturated rings. The highest BCUT2D eigenvalue weighted by molar-refractivity contribution is 5.57. The molecule has 100 valence electrons. The molecule has 19 heavy (non-hydrogen) atoms. The summed E-state index contributed by atoms with van der Waals surface area (Å²) in [4.78, 5) is 6.38. The number of hydrogen-bond acceptors (Lipinski definition) is 5. The average molecular weight is 258 g/mol. The van der Waals surface area contributed by atoms with Crippen LogP contribution in [0.2, 0.25) is 0 Å². The lowest BCUT2D eigenvalue weighted by atomic mass is 9.98. The Morgan fingerprint density at radius 3 is 3.11 bits per heavy atom. The van der Waals surface area contributed by atoms with Crippen molar-refractivity contribution >= 4 is 5.95 Å². The van der Waals surface area contributed by atoms with Crippen molar-refractivity contribution in [1.82, 2.24) is 15.5 Å². The van der Waals surface area contributed by atoms with Gasteiger partial charge in [-0.15, -0.1) is 0 Å². The van der Waals surface area contributed by atoms with Gasteiger partial charge in [-0.1, -0.05) is 6.07 Å². The van der Waals surface area contributed by atoms with Crippen LogP contribution < -0.4 is 10.2 Å². The number of rotatable bonds is 3. The van der Waals surface area contributed by atoms with E-state index in [0.29, 0.717) is 11.8 Å². The molecule has 2 heterocycles. The van der Waals surface area contributed by atoms with Crippen LogP contribution in [-0.4, -0.2) is 30.3 Å². The minimum absolute atomic E-state index is 0.587. The van der Waals surface area contributed by atoms with Crippen LogP contribution in [-0.2, 0) is 13.0 Å². The lowest BCUT2D eigenvalue weighted by molar-refractivity contribution is 0.430. The molecular weight excluding hydrogens is 240 g/mol. The molecule has 2 aromatic rings. The van der Waals surface area contributed by atoms with Gasteiger partial charge in [-0.25, -0.2) is 0 Å².